The summed E-state index contributed by atoms with van der Waals surface area (Å²) in [6.45, 7) is 11.3. The number of benzene rings is 2. The average Bonchev–Trinajstić information content (AvgIpc) is 3.02. The lowest BCUT2D eigenvalue weighted by molar-refractivity contribution is -0.137. The van der Waals surface area contributed by atoms with Crippen molar-refractivity contribution < 1.29 is 19.1 Å². The lowest BCUT2D eigenvalue weighted by atomic mass is 10.0. The van der Waals surface area contributed by atoms with Crippen molar-refractivity contribution in [3.63, 3.8) is 0 Å². The molecule has 6 nitrogen and oxygen atoms in total. The molecule has 2 amide bonds. The van der Waals surface area contributed by atoms with Crippen LogP contribution in [-0.2, 0) is 14.3 Å². The van der Waals surface area contributed by atoms with E-state index in [9.17, 15) is 9.59 Å². The maximum atomic E-state index is 13.3. The largest absolute Gasteiger partial charge is 0.494 e. The van der Waals surface area contributed by atoms with Crippen LogP contribution in [0, 0.1) is 0 Å². The Kier molecular flexibility index (Phi) is 8.28. The number of anilines is 1. The Morgan fingerprint density at radius 1 is 0.879 bits per heavy atom. The molecular weight excluding hydrogens is 416 g/mol. The number of ether oxygens (including phenoxy) is 2. The Morgan fingerprint density at radius 2 is 1.55 bits per heavy atom. The highest BCUT2D eigenvalue weighted by atomic mass is 16.5. The second-order valence-corrected chi connectivity index (χ2v) is 8.71. The Morgan fingerprint density at radius 3 is 2.12 bits per heavy atom. The highest BCUT2D eigenvalue weighted by molar-refractivity contribution is 6.36. The van der Waals surface area contributed by atoms with E-state index in [2.05, 4.69) is 19.2 Å². The van der Waals surface area contributed by atoms with Crippen LogP contribution in [0.25, 0.3) is 5.57 Å². The van der Waals surface area contributed by atoms with E-state index < -0.39 is 0 Å². The molecule has 33 heavy (non-hydrogen) atoms. The molecule has 0 saturated carbocycles. The number of nitrogens with one attached hydrogen (secondary N) is 1. The number of hydrogen-bond acceptors (Lipinski definition) is 5. The molecule has 3 rings (SSSR count). The van der Waals surface area contributed by atoms with Crippen LogP contribution in [0.4, 0.5) is 5.69 Å². The molecule has 0 aromatic heterocycles. The first-order valence-electron chi connectivity index (χ1n) is 11.6. The fraction of sp³-hybridized carbons (Fsp3) is 0.407. The summed E-state index contributed by atoms with van der Waals surface area (Å²) in [6, 6.07) is 15.2. The van der Waals surface area contributed by atoms with Crippen molar-refractivity contribution >= 4 is 23.1 Å². The van der Waals surface area contributed by atoms with Gasteiger partial charge < -0.3 is 14.8 Å². The summed E-state index contributed by atoms with van der Waals surface area (Å²) in [7, 11) is 0. The van der Waals surface area contributed by atoms with Crippen LogP contribution < -0.4 is 10.1 Å². The van der Waals surface area contributed by atoms with Gasteiger partial charge in [0.1, 0.15) is 11.4 Å². The van der Waals surface area contributed by atoms with E-state index in [1.165, 1.54) is 10.5 Å². The van der Waals surface area contributed by atoms with Crippen molar-refractivity contribution in [3.05, 3.63) is 65.4 Å². The first kappa shape index (κ1) is 24.5. The maximum Gasteiger partial charge on any atom is 0.278 e. The van der Waals surface area contributed by atoms with Gasteiger partial charge in [0.15, 0.2) is 0 Å². The number of rotatable bonds is 11. The third kappa shape index (κ3) is 6.02. The van der Waals surface area contributed by atoms with Crippen molar-refractivity contribution in [2.45, 2.75) is 53.1 Å². The second-order valence-electron chi connectivity index (χ2n) is 8.71. The number of amides is 2. The Bertz CT molecular complexity index is 992. The molecule has 6 heteroatoms. The quantitative estimate of drug-likeness (QED) is 0.476. The van der Waals surface area contributed by atoms with Crippen molar-refractivity contribution in [2.75, 3.05) is 25.1 Å². The van der Waals surface area contributed by atoms with Crippen LogP contribution in [-0.4, -0.2) is 42.6 Å². The summed E-state index contributed by atoms with van der Waals surface area (Å²) in [4.78, 5) is 27.8. The highest BCUT2D eigenvalue weighted by Crippen LogP contribution is 2.31. The van der Waals surface area contributed by atoms with Gasteiger partial charge in [-0.25, -0.2) is 0 Å². The predicted octanol–water partition coefficient (Wildman–Crippen LogP) is 5.22. The van der Waals surface area contributed by atoms with E-state index in [0.29, 0.717) is 30.3 Å². The minimum Gasteiger partial charge on any atom is -0.494 e. The molecular formula is C27H34N2O4. The molecule has 2 aromatic carbocycles. The number of carbonyl (C=O) groups is 2. The van der Waals surface area contributed by atoms with Crippen LogP contribution >= 0.6 is 0 Å². The third-order valence-corrected chi connectivity index (χ3v) is 5.40. The standard InChI is InChI=1S/C27H34N2O4/c1-6-16-33-23-13-9-21(10-14-23)24-25(28-22-11-7-20(8-12-22)18(2)3)27(31)29(26(24)30)15-17-32-19(4)5/h7-14,18-19,28H,6,15-17H2,1-5H3. The molecule has 1 N–H and O–H groups in total. The molecule has 1 aliphatic rings. The highest BCUT2D eigenvalue weighted by Gasteiger charge is 2.39. The van der Waals surface area contributed by atoms with Gasteiger partial charge in [-0.2, -0.15) is 0 Å². The van der Waals surface area contributed by atoms with Gasteiger partial charge >= 0.3 is 0 Å². The summed E-state index contributed by atoms with van der Waals surface area (Å²) in [5, 5.41) is 3.21. The van der Waals surface area contributed by atoms with Gasteiger partial charge in [0.2, 0.25) is 0 Å². The summed E-state index contributed by atoms with van der Waals surface area (Å²) in [6.07, 6.45) is 0.940. The second kappa shape index (κ2) is 11.1. The van der Waals surface area contributed by atoms with Gasteiger partial charge in [0, 0.05) is 5.69 Å². The summed E-state index contributed by atoms with van der Waals surface area (Å²) in [5.41, 5.74) is 3.28. The Hall–Kier alpha value is -3.12. The minimum absolute atomic E-state index is 0.0259. The van der Waals surface area contributed by atoms with E-state index >= 15 is 0 Å². The molecule has 0 fully saturated rings. The first-order valence-corrected chi connectivity index (χ1v) is 11.6. The predicted molar refractivity (Wildman–Crippen MR) is 131 cm³/mol. The molecule has 176 valence electrons. The molecule has 0 aliphatic carbocycles. The zero-order valence-electron chi connectivity index (χ0n) is 20.2. The molecule has 1 aliphatic heterocycles. The van der Waals surface area contributed by atoms with Gasteiger partial charge in [0.05, 0.1) is 31.4 Å². The lowest BCUT2D eigenvalue weighted by Gasteiger charge is -2.16. The molecule has 0 saturated heterocycles. The average molecular weight is 451 g/mol. The maximum absolute atomic E-state index is 13.3. The van der Waals surface area contributed by atoms with Crippen LogP contribution in [0.3, 0.4) is 0 Å². The van der Waals surface area contributed by atoms with E-state index in [1.807, 2.05) is 69.3 Å². The third-order valence-electron chi connectivity index (χ3n) is 5.40. The topological polar surface area (TPSA) is 67.9 Å². The smallest absolute Gasteiger partial charge is 0.278 e. The van der Waals surface area contributed by atoms with Crippen molar-refractivity contribution in [1.29, 1.82) is 0 Å². The summed E-state index contributed by atoms with van der Waals surface area (Å²) >= 11 is 0. The Balaban J connectivity index is 1.91. The SMILES string of the molecule is CCCOc1ccc(C2=C(Nc3ccc(C(C)C)cc3)C(=O)N(CCOC(C)C)C2=O)cc1. The molecule has 0 radical (unpaired) electrons. The van der Waals surface area contributed by atoms with Crippen molar-refractivity contribution in [3.8, 4) is 5.75 Å². The van der Waals surface area contributed by atoms with Gasteiger partial charge in [-0.05, 0) is 61.6 Å². The van der Waals surface area contributed by atoms with Crippen molar-refractivity contribution in [2.24, 2.45) is 0 Å². The summed E-state index contributed by atoms with van der Waals surface area (Å²) < 4.78 is 11.2. The molecule has 0 atom stereocenters. The Labute approximate surface area is 196 Å². The molecule has 2 aromatic rings. The lowest BCUT2D eigenvalue weighted by Crippen LogP contribution is -2.35. The van der Waals surface area contributed by atoms with E-state index in [0.717, 1.165) is 17.9 Å². The number of nitrogens with zero attached hydrogens (tertiary/aromatic N) is 1. The molecule has 0 unspecified atom stereocenters. The molecule has 1 heterocycles. The first-order chi connectivity index (χ1) is 15.8. The fourth-order valence-electron chi connectivity index (χ4n) is 3.58. The number of carbonyl (C=O) groups excluding carboxylic acids is 2. The van der Waals surface area contributed by atoms with E-state index in [1.54, 1.807) is 0 Å². The van der Waals surface area contributed by atoms with Crippen LogP contribution in [0.2, 0.25) is 0 Å². The minimum atomic E-state index is -0.346. The van der Waals surface area contributed by atoms with Gasteiger partial charge in [-0.3, -0.25) is 14.5 Å². The normalized spacial score (nSPS) is 14.1. The monoisotopic (exact) mass is 450 g/mol. The molecule has 0 spiro atoms. The van der Waals surface area contributed by atoms with Gasteiger partial charge in [-0.1, -0.05) is 45.0 Å². The van der Waals surface area contributed by atoms with Gasteiger partial charge in [0.25, 0.3) is 11.8 Å². The zero-order valence-corrected chi connectivity index (χ0v) is 20.2. The molecule has 0 bridgehead atoms. The summed E-state index contributed by atoms with van der Waals surface area (Å²) in [5.74, 6) is 0.477. The van der Waals surface area contributed by atoms with Crippen LogP contribution in [0.15, 0.2) is 54.2 Å². The van der Waals surface area contributed by atoms with Crippen molar-refractivity contribution in [1.82, 2.24) is 4.90 Å². The number of hydrogen-bond donors (Lipinski definition) is 1. The zero-order chi connectivity index (χ0) is 24.0. The fourth-order valence-corrected chi connectivity index (χ4v) is 3.58. The van der Waals surface area contributed by atoms with E-state index in [-0.39, 0.29) is 30.2 Å². The van der Waals surface area contributed by atoms with Crippen LogP contribution in [0.1, 0.15) is 58.1 Å². The van der Waals surface area contributed by atoms with E-state index in [4.69, 9.17) is 9.47 Å². The van der Waals surface area contributed by atoms with Crippen LogP contribution in [0.5, 0.6) is 5.75 Å². The number of imide groups is 1. The van der Waals surface area contributed by atoms with Gasteiger partial charge in [-0.15, -0.1) is 0 Å².